The number of rotatable bonds is 8. The lowest BCUT2D eigenvalue weighted by Gasteiger charge is -2.36. The smallest absolute Gasteiger partial charge is 0.387 e. The number of benzene rings is 1. The minimum absolute atomic E-state index is 0.0611. The molecule has 0 bridgehead atoms. The molecule has 0 saturated carbocycles. The number of alkyl halides is 2. The highest BCUT2D eigenvalue weighted by Gasteiger charge is 2.28. The van der Waals surface area contributed by atoms with Gasteiger partial charge in [0, 0.05) is 37.7 Å². The summed E-state index contributed by atoms with van der Waals surface area (Å²) in [6.07, 6.45) is 2.84. The van der Waals surface area contributed by atoms with Crippen molar-refractivity contribution in [1.82, 2.24) is 10.2 Å². The fourth-order valence-corrected chi connectivity index (χ4v) is 3.09. The van der Waals surface area contributed by atoms with Gasteiger partial charge in [-0.05, 0) is 37.5 Å². The van der Waals surface area contributed by atoms with Crippen molar-refractivity contribution in [3.05, 3.63) is 23.8 Å². The van der Waals surface area contributed by atoms with E-state index in [1.165, 1.54) is 25.3 Å². The molecule has 0 spiro atoms. The van der Waals surface area contributed by atoms with Crippen LogP contribution in [0.25, 0.3) is 0 Å². The second kappa shape index (κ2) is 10.1. The van der Waals surface area contributed by atoms with Gasteiger partial charge in [0.05, 0.1) is 7.11 Å². The van der Waals surface area contributed by atoms with Crippen LogP contribution in [0.15, 0.2) is 18.2 Å². The Morgan fingerprint density at radius 1 is 1.33 bits per heavy atom. The van der Waals surface area contributed by atoms with Crippen LogP contribution in [0.2, 0.25) is 0 Å². The van der Waals surface area contributed by atoms with Gasteiger partial charge in [-0.25, -0.2) is 0 Å². The van der Waals surface area contributed by atoms with Crippen LogP contribution in [0, 0.1) is 0 Å². The highest BCUT2D eigenvalue weighted by Crippen LogP contribution is 2.30. The molecule has 27 heavy (non-hydrogen) atoms. The predicted octanol–water partition coefficient (Wildman–Crippen LogP) is 1.76. The zero-order chi connectivity index (χ0) is 19.8. The van der Waals surface area contributed by atoms with Gasteiger partial charge in [-0.3, -0.25) is 9.59 Å². The molecule has 1 aliphatic rings. The molecule has 1 aromatic carbocycles. The van der Waals surface area contributed by atoms with E-state index in [0.29, 0.717) is 18.7 Å². The van der Waals surface area contributed by atoms with Crippen molar-refractivity contribution in [2.45, 2.75) is 38.3 Å². The van der Waals surface area contributed by atoms with Gasteiger partial charge in [0.25, 0.3) is 5.91 Å². The number of nitrogens with zero attached hydrogens (tertiary/aromatic N) is 1. The lowest BCUT2D eigenvalue weighted by atomic mass is 10.0. The first-order chi connectivity index (χ1) is 13.0. The van der Waals surface area contributed by atoms with Crippen LogP contribution >= 0.6 is 0 Å². The van der Waals surface area contributed by atoms with Crippen molar-refractivity contribution in [2.24, 2.45) is 5.73 Å². The third-order valence-electron chi connectivity index (χ3n) is 4.42. The van der Waals surface area contributed by atoms with E-state index in [-0.39, 0.29) is 42.3 Å². The van der Waals surface area contributed by atoms with Crippen molar-refractivity contribution in [1.29, 1.82) is 0 Å². The maximum atomic E-state index is 12.9. The Kier molecular flexibility index (Phi) is 7.78. The molecule has 150 valence electrons. The van der Waals surface area contributed by atoms with Gasteiger partial charge >= 0.3 is 6.61 Å². The first-order valence-electron chi connectivity index (χ1n) is 8.86. The summed E-state index contributed by atoms with van der Waals surface area (Å²) in [4.78, 5) is 26.3. The lowest BCUT2D eigenvalue weighted by Crippen LogP contribution is -2.49. The Labute approximate surface area is 156 Å². The summed E-state index contributed by atoms with van der Waals surface area (Å²) in [5.41, 5.74) is 5.68. The lowest BCUT2D eigenvalue weighted by molar-refractivity contribution is -0.121. The normalized spacial score (nSPS) is 16.9. The van der Waals surface area contributed by atoms with E-state index >= 15 is 0 Å². The number of nitrogens with two attached hydrogens (primary N) is 1. The van der Waals surface area contributed by atoms with Crippen LogP contribution in [0.5, 0.6) is 11.5 Å². The Bertz CT molecular complexity index is 657. The molecule has 1 heterocycles. The van der Waals surface area contributed by atoms with Crippen molar-refractivity contribution in [2.75, 3.05) is 26.7 Å². The molecule has 0 aliphatic carbocycles. The molecule has 3 N–H and O–H groups in total. The third kappa shape index (κ3) is 5.78. The number of ether oxygens (including phenoxy) is 2. The van der Waals surface area contributed by atoms with Gasteiger partial charge < -0.3 is 25.4 Å². The number of piperidine rings is 1. The number of carbonyl (C=O) groups is 2. The van der Waals surface area contributed by atoms with Gasteiger partial charge in [-0.1, -0.05) is 0 Å². The van der Waals surface area contributed by atoms with E-state index < -0.39 is 6.61 Å². The van der Waals surface area contributed by atoms with E-state index in [0.717, 1.165) is 19.3 Å². The molecule has 2 rings (SSSR count). The number of carbonyl (C=O) groups excluding carboxylic acids is 2. The van der Waals surface area contributed by atoms with E-state index in [1.807, 2.05) is 0 Å². The third-order valence-corrected chi connectivity index (χ3v) is 4.42. The molecule has 1 unspecified atom stereocenters. The minimum Gasteiger partial charge on any atom is -0.493 e. The van der Waals surface area contributed by atoms with Crippen LogP contribution in [0.3, 0.4) is 0 Å². The van der Waals surface area contributed by atoms with E-state index in [9.17, 15) is 18.4 Å². The summed E-state index contributed by atoms with van der Waals surface area (Å²) in [5, 5.41) is 2.80. The molecule has 7 nitrogen and oxygen atoms in total. The number of halogens is 2. The summed E-state index contributed by atoms with van der Waals surface area (Å²) >= 11 is 0. The monoisotopic (exact) mass is 385 g/mol. The van der Waals surface area contributed by atoms with Gasteiger partial charge in [0.2, 0.25) is 5.91 Å². The minimum atomic E-state index is -2.98. The maximum absolute atomic E-state index is 12.9. The van der Waals surface area contributed by atoms with Gasteiger partial charge in [-0.2, -0.15) is 8.78 Å². The number of likely N-dealkylation sites (tertiary alicyclic amines) is 1. The molecule has 1 fully saturated rings. The van der Waals surface area contributed by atoms with Gasteiger partial charge in [-0.15, -0.1) is 0 Å². The average molecular weight is 385 g/mol. The highest BCUT2D eigenvalue weighted by molar-refractivity contribution is 5.95. The number of amides is 2. The first-order valence-corrected chi connectivity index (χ1v) is 8.86. The van der Waals surface area contributed by atoms with Crippen molar-refractivity contribution in [3.63, 3.8) is 0 Å². The van der Waals surface area contributed by atoms with Crippen LogP contribution in [-0.2, 0) is 4.79 Å². The molecule has 0 aromatic heterocycles. The zero-order valence-corrected chi connectivity index (χ0v) is 15.2. The second-order valence-corrected chi connectivity index (χ2v) is 6.24. The predicted molar refractivity (Wildman–Crippen MR) is 95.0 cm³/mol. The molecule has 2 amide bonds. The van der Waals surface area contributed by atoms with Gasteiger partial charge in [0.15, 0.2) is 11.5 Å². The number of hydrogen-bond acceptors (Lipinski definition) is 5. The van der Waals surface area contributed by atoms with Crippen molar-refractivity contribution < 1.29 is 27.8 Å². The SMILES string of the molecule is COc1cc(C(=O)N2CCCCC2CNC(=O)CCN)ccc1OC(F)F. The zero-order valence-electron chi connectivity index (χ0n) is 15.2. The standard InChI is InChI=1S/C18H25F2N3O4/c1-26-15-10-12(5-6-14(15)27-18(19)20)17(25)23-9-3-2-4-13(23)11-22-16(24)7-8-21/h5-6,10,13,18H,2-4,7-9,11,21H2,1H3,(H,22,24). The summed E-state index contributed by atoms with van der Waals surface area (Å²) in [6, 6.07) is 3.98. The molecule has 1 atom stereocenters. The van der Waals surface area contributed by atoms with Gasteiger partial charge in [0.1, 0.15) is 0 Å². The molecule has 1 aliphatic heterocycles. The maximum Gasteiger partial charge on any atom is 0.387 e. The topological polar surface area (TPSA) is 93.9 Å². The van der Waals surface area contributed by atoms with Crippen molar-refractivity contribution >= 4 is 11.8 Å². The Morgan fingerprint density at radius 2 is 2.11 bits per heavy atom. The first kappa shape index (κ1) is 20.9. The Balaban J connectivity index is 2.12. The number of hydrogen-bond donors (Lipinski definition) is 2. The second-order valence-electron chi connectivity index (χ2n) is 6.24. The molecular weight excluding hydrogens is 360 g/mol. The quantitative estimate of drug-likeness (QED) is 0.711. The fraction of sp³-hybridized carbons (Fsp3) is 0.556. The number of nitrogens with one attached hydrogen (secondary N) is 1. The molecule has 9 heteroatoms. The Morgan fingerprint density at radius 3 is 2.78 bits per heavy atom. The number of methoxy groups -OCH3 is 1. The van der Waals surface area contributed by atoms with Crippen LogP contribution in [-0.4, -0.2) is 56.1 Å². The van der Waals surface area contributed by atoms with E-state index in [2.05, 4.69) is 10.1 Å². The summed E-state index contributed by atoms with van der Waals surface area (Å²) < 4.78 is 34.3. The Hall–Kier alpha value is -2.42. The fourth-order valence-electron chi connectivity index (χ4n) is 3.09. The van der Waals surface area contributed by atoms with E-state index in [4.69, 9.17) is 10.5 Å². The summed E-state index contributed by atoms with van der Waals surface area (Å²) in [6.45, 7) is -1.79. The summed E-state index contributed by atoms with van der Waals surface area (Å²) in [7, 11) is 1.32. The largest absolute Gasteiger partial charge is 0.493 e. The average Bonchev–Trinajstić information content (AvgIpc) is 2.66. The van der Waals surface area contributed by atoms with E-state index in [1.54, 1.807) is 4.90 Å². The van der Waals surface area contributed by atoms with Crippen LogP contribution in [0.4, 0.5) is 8.78 Å². The van der Waals surface area contributed by atoms with Crippen molar-refractivity contribution in [3.8, 4) is 11.5 Å². The highest BCUT2D eigenvalue weighted by atomic mass is 19.3. The summed E-state index contributed by atoms with van der Waals surface area (Å²) in [5.74, 6) is -0.459. The molecule has 1 saturated heterocycles. The molecule has 1 aromatic rings. The van der Waals surface area contributed by atoms with Crippen LogP contribution in [0.1, 0.15) is 36.0 Å². The molecule has 0 radical (unpaired) electrons. The molecular formula is C18H25F2N3O4. The van der Waals surface area contributed by atoms with Crippen LogP contribution < -0.4 is 20.5 Å².